The molecule has 2 bridgehead atoms. The number of hydrogen-bond acceptors (Lipinski definition) is 5. The molecule has 2 fully saturated rings. The molecule has 1 saturated heterocycles. The highest BCUT2D eigenvalue weighted by Crippen LogP contribution is 2.55. The Morgan fingerprint density at radius 3 is 2.44 bits per heavy atom. The maximum Gasteiger partial charge on any atom is 0.338 e. The molecule has 3 aliphatic rings. The van der Waals surface area contributed by atoms with Crippen LogP contribution in [0.15, 0.2) is 54.1 Å². The third-order valence-corrected chi connectivity index (χ3v) is 7.52. The van der Waals surface area contributed by atoms with Crippen molar-refractivity contribution >= 4 is 58.3 Å². The number of carbonyl (C=O) groups is 4. The van der Waals surface area contributed by atoms with E-state index in [1.807, 2.05) is 6.92 Å². The fourth-order valence-electron chi connectivity index (χ4n) is 5.26. The molecule has 34 heavy (non-hydrogen) atoms. The summed E-state index contributed by atoms with van der Waals surface area (Å²) in [6.07, 6.45) is 2.99. The maximum atomic E-state index is 13.0. The van der Waals surface area contributed by atoms with Crippen LogP contribution < -0.4 is 10.2 Å². The van der Waals surface area contributed by atoms with Gasteiger partial charge >= 0.3 is 5.97 Å². The van der Waals surface area contributed by atoms with Crippen LogP contribution in [-0.2, 0) is 19.1 Å². The minimum atomic E-state index is -0.704. The lowest BCUT2D eigenvalue weighted by Gasteiger charge is -2.19. The van der Waals surface area contributed by atoms with E-state index in [-0.39, 0.29) is 46.1 Å². The van der Waals surface area contributed by atoms with E-state index in [9.17, 15) is 19.2 Å². The minimum absolute atomic E-state index is 0.126. The lowest BCUT2D eigenvalue weighted by molar-refractivity contribution is -0.123. The molecule has 1 heterocycles. The number of rotatable bonds is 5. The number of hydrogen-bond donors (Lipinski definition) is 1. The van der Waals surface area contributed by atoms with Crippen molar-refractivity contribution in [1.29, 1.82) is 0 Å². The van der Waals surface area contributed by atoms with E-state index in [4.69, 9.17) is 27.9 Å². The quantitative estimate of drug-likeness (QED) is 0.372. The summed E-state index contributed by atoms with van der Waals surface area (Å²) in [5, 5.41) is 3.20. The fraction of sp³-hybridized carbons (Fsp3) is 0.280. The van der Waals surface area contributed by atoms with E-state index < -0.39 is 18.5 Å². The molecule has 4 atom stereocenters. The summed E-state index contributed by atoms with van der Waals surface area (Å²) in [4.78, 5) is 51.7. The molecule has 7 nitrogen and oxygen atoms in total. The summed E-state index contributed by atoms with van der Waals surface area (Å²) in [6, 6.07) is 10.6. The van der Waals surface area contributed by atoms with Crippen LogP contribution in [0.5, 0.6) is 0 Å². The molecule has 2 aromatic carbocycles. The Morgan fingerprint density at radius 1 is 1.03 bits per heavy atom. The van der Waals surface area contributed by atoms with Crippen LogP contribution in [0.2, 0.25) is 10.0 Å². The molecule has 174 valence electrons. The number of carbonyl (C=O) groups excluding carboxylic acids is 4. The maximum absolute atomic E-state index is 13.0. The molecule has 5 rings (SSSR count). The summed E-state index contributed by atoms with van der Waals surface area (Å²) >= 11 is 11.8. The van der Waals surface area contributed by atoms with E-state index in [0.717, 1.165) is 6.42 Å². The number of nitrogens with zero attached hydrogens (tertiary/aromatic N) is 1. The number of benzene rings is 2. The SMILES string of the molecule is CC1=C[C@H]2C[C@H]1[C@H]1C(=O)N(c3ccc(C(=O)OCC(=O)Nc4ccc(Cl)c(Cl)c4)cc3)C(=O)[C@H]12. The number of allylic oxidation sites excluding steroid dienone is 2. The van der Waals surface area contributed by atoms with Crippen LogP contribution in [0.4, 0.5) is 11.4 Å². The molecule has 2 aliphatic carbocycles. The van der Waals surface area contributed by atoms with Crippen molar-refractivity contribution in [3.63, 3.8) is 0 Å². The molecule has 1 N–H and O–H groups in total. The van der Waals surface area contributed by atoms with Crippen molar-refractivity contribution in [1.82, 2.24) is 0 Å². The van der Waals surface area contributed by atoms with Crippen molar-refractivity contribution in [2.45, 2.75) is 13.3 Å². The third-order valence-electron chi connectivity index (χ3n) is 6.78. The molecule has 2 aromatic rings. The summed E-state index contributed by atoms with van der Waals surface area (Å²) < 4.78 is 5.07. The van der Waals surface area contributed by atoms with E-state index in [0.29, 0.717) is 16.4 Å². The molecule has 1 saturated carbocycles. The van der Waals surface area contributed by atoms with Gasteiger partial charge in [-0.3, -0.25) is 19.3 Å². The lowest BCUT2D eigenvalue weighted by Crippen LogP contribution is -2.33. The topological polar surface area (TPSA) is 92.8 Å². The van der Waals surface area contributed by atoms with E-state index >= 15 is 0 Å². The second kappa shape index (κ2) is 8.56. The predicted octanol–water partition coefficient (Wildman–Crippen LogP) is 4.49. The van der Waals surface area contributed by atoms with Gasteiger partial charge in [0.2, 0.25) is 11.8 Å². The Hall–Kier alpha value is -3.16. The van der Waals surface area contributed by atoms with Crippen molar-refractivity contribution in [2.75, 3.05) is 16.8 Å². The molecular weight excluding hydrogens is 479 g/mol. The summed E-state index contributed by atoms with van der Waals surface area (Å²) in [5.41, 5.74) is 2.23. The Bertz CT molecular complexity index is 1260. The van der Waals surface area contributed by atoms with Crippen molar-refractivity contribution < 1.29 is 23.9 Å². The van der Waals surface area contributed by atoms with Gasteiger partial charge in [0.25, 0.3) is 5.91 Å². The van der Waals surface area contributed by atoms with Gasteiger partial charge < -0.3 is 10.1 Å². The van der Waals surface area contributed by atoms with Crippen molar-refractivity contribution in [2.24, 2.45) is 23.7 Å². The number of nitrogens with one attached hydrogen (secondary N) is 1. The van der Waals surface area contributed by atoms with Crippen LogP contribution in [0.25, 0.3) is 0 Å². The monoisotopic (exact) mass is 498 g/mol. The zero-order chi connectivity index (χ0) is 24.1. The number of esters is 1. The summed E-state index contributed by atoms with van der Waals surface area (Å²) in [6.45, 7) is 1.52. The number of ether oxygens (including phenoxy) is 1. The Morgan fingerprint density at radius 2 is 1.74 bits per heavy atom. The second-order valence-electron chi connectivity index (χ2n) is 8.78. The number of amides is 3. The normalized spacial score (nSPS) is 24.8. The standard InChI is InChI=1S/C25H20Cl2N2O5/c1-12-8-14-9-17(12)22-21(14)23(31)29(24(22)32)16-5-2-13(3-6-16)25(33)34-11-20(30)28-15-4-7-18(26)19(27)10-15/h2-8,10,14,17,21-22H,9,11H2,1H3,(H,28,30)/t14-,17+,21-,22+/m0/s1. The first-order valence-corrected chi connectivity index (χ1v) is 11.6. The summed E-state index contributed by atoms with van der Waals surface area (Å²) in [7, 11) is 0. The van der Waals surface area contributed by atoms with Gasteiger partial charge in [0.1, 0.15) is 0 Å². The zero-order valence-electron chi connectivity index (χ0n) is 18.1. The Kier molecular flexibility index (Phi) is 5.70. The van der Waals surface area contributed by atoms with Gasteiger partial charge in [-0.05, 0) is 67.6 Å². The zero-order valence-corrected chi connectivity index (χ0v) is 19.6. The van der Waals surface area contributed by atoms with Crippen LogP contribution >= 0.6 is 23.2 Å². The molecule has 3 amide bonds. The van der Waals surface area contributed by atoms with E-state index in [1.54, 1.807) is 24.3 Å². The van der Waals surface area contributed by atoms with Gasteiger partial charge in [-0.25, -0.2) is 4.79 Å². The Balaban J connectivity index is 1.20. The van der Waals surface area contributed by atoms with E-state index in [1.165, 1.54) is 28.7 Å². The highest BCUT2D eigenvalue weighted by molar-refractivity contribution is 6.42. The smallest absolute Gasteiger partial charge is 0.338 e. The van der Waals surface area contributed by atoms with Crippen molar-refractivity contribution in [3.05, 3.63) is 69.7 Å². The molecule has 9 heteroatoms. The highest BCUT2D eigenvalue weighted by Gasteiger charge is 2.60. The minimum Gasteiger partial charge on any atom is -0.452 e. The number of halogens is 2. The number of anilines is 2. The number of imide groups is 1. The highest BCUT2D eigenvalue weighted by atomic mass is 35.5. The van der Waals surface area contributed by atoms with Gasteiger partial charge in [0.15, 0.2) is 6.61 Å². The fourth-order valence-corrected chi connectivity index (χ4v) is 5.56. The second-order valence-corrected chi connectivity index (χ2v) is 9.59. The number of fused-ring (bicyclic) bond motifs is 5. The molecule has 0 unspecified atom stereocenters. The largest absolute Gasteiger partial charge is 0.452 e. The van der Waals surface area contributed by atoms with Crippen molar-refractivity contribution in [3.8, 4) is 0 Å². The van der Waals surface area contributed by atoms with Gasteiger partial charge in [-0.1, -0.05) is 34.9 Å². The average Bonchev–Trinajstić information content (AvgIpc) is 3.45. The first-order valence-electron chi connectivity index (χ1n) is 10.8. The van der Waals surface area contributed by atoms with Crippen LogP contribution in [-0.4, -0.2) is 30.3 Å². The average molecular weight is 499 g/mol. The summed E-state index contributed by atoms with van der Waals surface area (Å²) in [5.74, 6) is -1.92. The molecule has 0 radical (unpaired) electrons. The van der Waals surface area contributed by atoms with Gasteiger partial charge in [0, 0.05) is 5.69 Å². The van der Waals surface area contributed by atoms with Crippen LogP contribution in [0.3, 0.4) is 0 Å². The lowest BCUT2D eigenvalue weighted by atomic mass is 9.82. The third kappa shape index (κ3) is 3.79. The van der Waals surface area contributed by atoms with Gasteiger partial charge in [-0.15, -0.1) is 0 Å². The van der Waals surface area contributed by atoms with Crippen LogP contribution in [0.1, 0.15) is 23.7 Å². The first-order chi connectivity index (χ1) is 16.2. The van der Waals surface area contributed by atoms with Gasteiger partial charge in [-0.2, -0.15) is 0 Å². The molecule has 0 spiro atoms. The first kappa shape index (κ1) is 22.6. The molecule has 0 aromatic heterocycles. The van der Waals surface area contributed by atoms with Crippen LogP contribution in [0, 0.1) is 23.7 Å². The van der Waals surface area contributed by atoms with E-state index in [2.05, 4.69) is 11.4 Å². The Labute approximate surface area is 205 Å². The molecular formula is C25H20Cl2N2O5. The van der Waals surface area contributed by atoms with Gasteiger partial charge in [0.05, 0.1) is 33.1 Å². The molecule has 1 aliphatic heterocycles. The predicted molar refractivity (Wildman–Crippen MR) is 127 cm³/mol.